The molecule has 0 aromatic heterocycles. The van der Waals surface area contributed by atoms with Crippen LogP contribution in [0.3, 0.4) is 0 Å². The molecule has 1 fully saturated rings. The number of benzene rings is 1. The van der Waals surface area contributed by atoms with Crippen molar-refractivity contribution < 1.29 is 19.4 Å². The van der Waals surface area contributed by atoms with Crippen LogP contribution in [0.25, 0.3) is 0 Å². The second kappa shape index (κ2) is 7.46. The van der Waals surface area contributed by atoms with Gasteiger partial charge in [0, 0.05) is 26.2 Å². The number of piperazine rings is 1. The van der Waals surface area contributed by atoms with E-state index in [4.69, 9.17) is 9.84 Å². The fourth-order valence-electron chi connectivity index (χ4n) is 2.67. The molecule has 6 nitrogen and oxygen atoms in total. The lowest BCUT2D eigenvalue weighted by atomic mass is 10.2. The maximum Gasteiger partial charge on any atom is 0.320 e. The van der Waals surface area contributed by atoms with Gasteiger partial charge in [0.1, 0.15) is 11.8 Å². The van der Waals surface area contributed by atoms with E-state index in [0.717, 1.165) is 5.56 Å². The van der Waals surface area contributed by atoms with Gasteiger partial charge in [-0.2, -0.15) is 0 Å². The second-order valence-electron chi connectivity index (χ2n) is 5.90. The smallest absolute Gasteiger partial charge is 0.320 e. The van der Waals surface area contributed by atoms with Crippen LogP contribution >= 0.6 is 0 Å². The minimum Gasteiger partial charge on any atom is -0.481 e. The third kappa shape index (κ3) is 4.22. The highest BCUT2D eigenvalue weighted by Gasteiger charge is 2.29. The lowest BCUT2D eigenvalue weighted by Gasteiger charge is -2.37. The molecular weight excluding hydrogens is 296 g/mol. The first kappa shape index (κ1) is 17.3. The zero-order chi connectivity index (χ0) is 17.0. The van der Waals surface area contributed by atoms with Crippen molar-refractivity contribution in [2.45, 2.75) is 32.9 Å². The molecule has 1 aliphatic heterocycles. The van der Waals surface area contributed by atoms with Crippen LogP contribution in [-0.2, 0) is 9.59 Å². The Labute approximate surface area is 136 Å². The van der Waals surface area contributed by atoms with E-state index in [9.17, 15) is 9.59 Å². The zero-order valence-electron chi connectivity index (χ0n) is 13.9. The molecule has 23 heavy (non-hydrogen) atoms. The molecule has 2 atom stereocenters. The van der Waals surface area contributed by atoms with Crippen LogP contribution in [0.2, 0.25) is 0 Å². The van der Waals surface area contributed by atoms with Crippen molar-refractivity contribution >= 4 is 11.9 Å². The fourth-order valence-corrected chi connectivity index (χ4v) is 2.67. The summed E-state index contributed by atoms with van der Waals surface area (Å²) in [6, 6.07) is 7.08. The van der Waals surface area contributed by atoms with Crippen LogP contribution in [0, 0.1) is 6.92 Å². The molecular formula is C17H24N2O4. The number of ether oxygens (including phenoxy) is 1. The molecule has 0 unspecified atom stereocenters. The van der Waals surface area contributed by atoms with Crippen molar-refractivity contribution in [3.63, 3.8) is 0 Å². The summed E-state index contributed by atoms with van der Waals surface area (Å²) in [6.45, 7) is 7.55. The van der Waals surface area contributed by atoms with E-state index in [1.807, 2.05) is 36.1 Å². The van der Waals surface area contributed by atoms with Gasteiger partial charge in [-0.3, -0.25) is 14.5 Å². The molecule has 0 radical (unpaired) electrons. The summed E-state index contributed by atoms with van der Waals surface area (Å²) in [4.78, 5) is 27.1. The van der Waals surface area contributed by atoms with E-state index in [0.29, 0.717) is 31.9 Å². The number of carboxylic acid groups (broad SMARTS) is 1. The number of amides is 1. The van der Waals surface area contributed by atoms with E-state index in [1.165, 1.54) is 0 Å². The number of carbonyl (C=O) groups excluding carboxylic acids is 1. The standard InChI is InChI=1S/C17H24N2O4/c1-12-6-4-5-7-15(12)23-14(3)16(20)19-10-8-18(9-11-19)13(2)17(21)22/h4-7,13-14H,8-11H2,1-3H3,(H,21,22)/t13-,14+/m1/s1. The monoisotopic (exact) mass is 320 g/mol. The fraction of sp³-hybridized carbons (Fsp3) is 0.529. The molecule has 0 aliphatic carbocycles. The average molecular weight is 320 g/mol. The summed E-state index contributed by atoms with van der Waals surface area (Å²) in [5.74, 6) is -0.177. The average Bonchev–Trinajstić information content (AvgIpc) is 2.55. The molecule has 1 aromatic rings. The number of carboxylic acids is 1. The first-order valence-corrected chi connectivity index (χ1v) is 7.88. The second-order valence-corrected chi connectivity index (χ2v) is 5.90. The predicted molar refractivity (Wildman–Crippen MR) is 86.5 cm³/mol. The Balaban J connectivity index is 1.89. The number of carbonyl (C=O) groups is 2. The van der Waals surface area contributed by atoms with E-state index < -0.39 is 18.1 Å². The summed E-state index contributed by atoms with van der Waals surface area (Å²) in [6.07, 6.45) is -0.556. The summed E-state index contributed by atoms with van der Waals surface area (Å²) in [5, 5.41) is 9.05. The van der Waals surface area contributed by atoms with Crippen molar-refractivity contribution in [2.75, 3.05) is 26.2 Å². The van der Waals surface area contributed by atoms with E-state index >= 15 is 0 Å². The van der Waals surface area contributed by atoms with E-state index in [-0.39, 0.29) is 5.91 Å². The molecule has 0 spiro atoms. The van der Waals surface area contributed by atoms with E-state index in [2.05, 4.69) is 0 Å². The molecule has 1 saturated heterocycles. The molecule has 0 saturated carbocycles. The maximum atomic E-state index is 12.5. The lowest BCUT2D eigenvalue weighted by Crippen LogP contribution is -2.55. The highest BCUT2D eigenvalue weighted by atomic mass is 16.5. The third-order valence-corrected chi connectivity index (χ3v) is 4.28. The molecule has 126 valence electrons. The summed E-state index contributed by atoms with van der Waals surface area (Å²) < 4.78 is 5.77. The highest BCUT2D eigenvalue weighted by Crippen LogP contribution is 2.19. The molecule has 0 bridgehead atoms. The van der Waals surface area contributed by atoms with Crippen molar-refractivity contribution in [1.82, 2.24) is 9.80 Å². The summed E-state index contributed by atoms with van der Waals surface area (Å²) in [7, 11) is 0. The number of para-hydroxylation sites is 1. The highest BCUT2D eigenvalue weighted by molar-refractivity contribution is 5.81. The van der Waals surface area contributed by atoms with Gasteiger partial charge in [0.25, 0.3) is 5.91 Å². The number of aliphatic carboxylic acids is 1. The van der Waals surface area contributed by atoms with Gasteiger partial charge < -0.3 is 14.7 Å². The molecule has 2 rings (SSSR count). The number of rotatable bonds is 5. The van der Waals surface area contributed by atoms with Gasteiger partial charge in [0.2, 0.25) is 0 Å². The zero-order valence-corrected chi connectivity index (χ0v) is 13.9. The van der Waals surface area contributed by atoms with Crippen LogP contribution in [0.5, 0.6) is 5.75 Å². The Bertz CT molecular complexity index is 567. The first-order valence-electron chi connectivity index (χ1n) is 7.88. The Morgan fingerprint density at radius 3 is 2.30 bits per heavy atom. The van der Waals surface area contributed by atoms with Gasteiger partial charge in [-0.1, -0.05) is 18.2 Å². The van der Waals surface area contributed by atoms with Crippen molar-refractivity contribution in [1.29, 1.82) is 0 Å². The van der Waals surface area contributed by atoms with Gasteiger partial charge in [-0.25, -0.2) is 0 Å². The molecule has 6 heteroatoms. The SMILES string of the molecule is Cc1ccccc1O[C@@H](C)C(=O)N1CCN([C@H](C)C(=O)O)CC1. The molecule has 1 heterocycles. The van der Waals surface area contributed by atoms with Crippen molar-refractivity contribution in [2.24, 2.45) is 0 Å². The minimum absolute atomic E-state index is 0.0594. The van der Waals surface area contributed by atoms with Gasteiger partial charge in [0.05, 0.1) is 0 Å². The van der Waals surface area contributed by atoms with Gasteiger partial charge in [-0.05, 0) is 32.4 Å². The Morgan fingerprint density at radius 2 is 1.74 bits per heavy atom. The van der Waals surface area contributed by atoms with Gasteiger partial charge in [0.15, 0.2) is 6.10 Å². The minimum atomic E-state index is -0.832. The van der Waals surface area contributed by atoms with Crippen molar-refractivity contribution in [3.8, 4) is 5.75 Å². The molecule has 1 aromatic carbocycles. The van der Waals surface area contributed by atoms with Crippen LogP contribution in [0.15, 0.2) is 24.3 Å². The number of hydrogen-bond donors (Lipinski definition) is 1. The quantitative estimate of drug-likeness (QED) is 0.887. The lowest BCUT2D eigenvalue weighted by molar-refractivity contribution is -0.145. The summed E-state index contributed by atoms with van der Waals surface area (Å²) >= 11 is 0. The van der Waals surface area contributed by atoms with Gasteiger partial charge in [-0.15, -0.1) is 0 Å². The normalized spacial score (nSPS) is 18.3. The predicted octanol–water partition coefficient (Wildman–Crippen LogP) is 1.38. The Morgan fingerprint density at radius 1 is 1.13 bits per heavy atom. The summed E-state index contributed by atoms with van der Waals surface area (Å²) in [5.41, 5.74) is 0.993. The first-order chi connectivity index (χ1) is 10.9. The molecule has 1 aliphatic rings. The number of nitrogens with zero attached hydrogens (tertiary/aromatic N) is 2. The third-order valence-electron chi connectivity index (χ3n) is 4.28. The van der Waals surface area contributed by atoms with Crippen LogP contribution in [0.1, 0.15) is 19.4 Å². The Kier molecular flexibility index (Phi) is 5.60. The van der Waals surface area contributed by atoms with Crippen molar-refractivity contribution in [3.05, 3.63) is 29.8 Å². The van der Waals surface area contributed by atoms with E-state index in [1.54, 1.807) is 18.7 Å². The van der Waals surface area contributed by atoms with Crippen LogP contribution in [0.4, 0.5) is 0 Å². The van der Waals surface area contributed by atoms with Crippen LogP contribution in [-0.4, -0.2) is 65.1 Å². The maximum absolute atomic E-state index is 12.5. The topological polar surface area (TPSA) is 70.1 Å². The van der Waals surface area contributed by atoms with Gasteiger partial charge >= 0.3 is 5.97 Å². The largest absolute Gasteiger partial charge is 0.481 e. The molecule has 1 amide bonds. The Hall–Kier alpha value is -2.08. The molecule has 1 N–H and O–H groups in total. The van der Waals surface area contributed by atoms with Crippen LogP contribution < -0.4 is 4.74 Å². The number of aryl methyl sites for hydroxylation is 1. The number of hydrogen-bond acceptors (Lipinski definition) is 4.